The molecule has 1 fully saturated rings. The Balaban J connectivity index is 1.65. The highest BCUT2D eigenvalue weighted by Gasteiger charge is 2.23. The van der Waals surface area contributed by atoms with Gasteiger partial charge in [-0.15, -0.1) is 11.3 Å². The van der Waals surface area contributed by atoms with Gasteiger partial charge in [0.1, 0.15) is 5.82 Å². The minimum absolute atomic E-state index is 0.0732. The van der Waals surface area contributed by atoms with Crippen molar-refractivity contribution in [1.82, 2.24) is 10.2 Å². The lowest BCUT2D eigenvalue weighted by Crippen LogP contribution is -2.43. The zero-order chi connectivity index (χ0) is 18.4. The third kappa shape index (κ3) is 5.24. The van der Waals surface area contributed by atoms with Gasteiger partial charge in [0.2, 0.25) is 5.91 Å². The van der Waals surface area contributed by atoms with E-state index in [4.69, 9.17) is 4.74 Å². The maximum atomic E-state index is 13.7. The quantitative estimate of drug-likeness (QED) is 0.788. The smallest absolute Gasteiger partial charge is 0.244 e. The van der Waals surface area contributed by atoms with E-state index in [0.717, 1.165) is 23.5 Å². The SMILES string of the molecule is Cc1ccc(/C=C/C(=O)NCC(c2cccc(F)c2)N2CCOCC2)s1. The Kier molecular flexibility index (Phi) is 6.55. The molecule has 4 nitrogen and oxygen atoms in total. The number of benzene rings is 1. The normalized spacial score (nSPS) is 16.7. The van der Waals surface area contributed by atoms with Crippen molar-refractivity contribution in [3.63, 3.8) is 0 Å². The van der Waals surface area contributed by atoms with Gasteiger partial charge in [-0.3, -0.25) is 9.69 Å². The first-order chi connectivity index (χ1) is 12.6. The molecule has 1 saturated heterocycles. The summed E-state index contributed by atoms with van der Waals surface area (Å²) in [5.74, 6) is -0.411. The second-order valence-electron chi connectivity index (χ2n) is 6.25. The molecule has 1 N–H and O–H groups in total. The highest BCUT2D eigenvalue weighted by Crippen LogP contribution is 2.22. The third-order valence-electron chi connectivity index (χ3n) is 4.35. The molecule has 1 aliphatic heterocycles. The molecule has 2 aromatic rings. The predicted octanol–water partition coefficient (Wildman–Crippen LogP) is 3.40. The number of nitrogens with zero attached hydrogens (tertiary/aromatic N) is 1. The van der Waals surface area contributed by atoms with Gasteiger partial charge in [-0.05, 0) is 42.8 Å². The summed E-state index contributed by atoms with van der Waals surface area (Å²) in [7, 11) is 0. The van der Waals surface area contributed by atoms with Gasteiger partial charge < -0.3 is 10.1 Å². The Morgan fingerprint density at radius 2 is 2.15 bits per heavy atom. The number of hydrogen-bond donors (Lipinski definition) is 1. The summed E-state index contributed by atoms with van der Waals surface area (Å²) in [6, 6.07) is 10.5. The van der Waals surface area contributed by atoms with Gasteiger partial charge in [-0.2, -0.15) is 0 Å². The monoisotopic (exact) mass is 374 g/mol. The Morgan fingerprint density at radius 1 is 1.35 bits per heavy atom. The van der Waals surface area contributed by atoms with Gasteiger partial charge in [0, 0.05) is 35.5 Å². The third-order valence-corrected chi connectivity index (χ3v) is 5.32. The zero-order valence-electron chi connectivity index (χ0n) is 14.8. The molecular formula is C20H23FN2O2S. The van der Waals surface area contributed by atoms with Crippen LogP contribution in [0.4, 0.5) is 4.39 Å². The minimum Gasteiger partial charge on any atom is -0.379 e. The molecule has 0 radical (unpaired) electrons. The Morgan fingerprint density at radius 3 is 2.85 bits per heavy atom. The van der Waals surface area contributed by atoms with E-state index in [-0.39, 0.29) is 17.8 Å². The van der Waals surface area contributed by atoms with Crippen LogP contribution in [0.1, 0.15) is 21.4 Å². The number of amides is 1. The predicted molar refractivity (Wildman–Crippen MR) is 103 cm³/mol. The lowest BCUT2D eigenvalue weighted by molar-refractivity contribution is -0.116. The average molecular weight is 374 g/mol. The summed E-state index contributed by atoms with van der Waals surface area (Å²) in [6.07, 6.45) is 3.37. The number of ether oxygens (including phenoxy) is 1. The number of carbonyl (C=O) groups excluding carboxylic acids is 1. The van der Waals surface area contributed by atoms with Crippen LogP contribution in [-0.4, -0.2) is 43.7 Å². The second kappa shape index (κ2) is 9.07. The summed E-state index contributed by atoms with van der Waals surface area (Å²) >= 11 is 1.64. The molecule has 3 rings (SSSR count). The Hall–Kier alpha value is -2.02. The minimum atomic E-state index is -0.264. The molecule has 0 spiro atoms. The van der Waals surface area contributed by atoms with Crippen molar-refractivity contribution in [3.05, 3.63) is 63.6 Å². The van der Waals surface area contributed by atoms with Crippen molar-refractivity contribution in [2.45, 2.75) is 13.0 Å². The van der Waals surface area contributed by atoms with Gasteiger partial charge in [-0.25, -0.2) is 4.39 Å². The molecule has 0 bridgehead atoms. The van der Waals surface area contributed by atoms with Gasteiger partial charge in [0.15, 0.2) is 0 Å². The molecule has 1 aliphatic rings. The molecule has 0 aliphatic carbocycles. The summed E-state index contributed by atoms with van der Waals surface area (Å²) in [4.78, 5) is 16.7. The van der Waals surface area contributed by atoms with E-state index in [1.165, 1.54) is 17.0 Å². The standard InChI is InChI=1S/C20H23FN2O2S/c1-15-5-6-18(26-15)7-8-20(24)22-14-19(23-9-11-25-12-10-23)16-3-2-4-17(21)13-16/h2-8,13,19H,9-12,14H2,1H3,(H,22,24)/b8-7+. The fraction of sp³-hybridized carbons (Fsp3) is 0.350. The fourth-order valence-electron chi connectivity index (χ4n) is 3.02. The lowest BCUT2D eigenvalue weighted by Gasteiger charge is -2.34. The van der Waals surface area contributed by atoms with Crippen LogP contribution in [0.5, 0.6) is 0 Å². The molecule has 1 aromatic carbocycles. The highest BCUT2D eigenvalue weighted by molar-refractivity contribution is 7.12. The van der Waals surface area contributed by atoms with Crippen LogP contribution in [0, 0.1) is 12.7 Å². The van der Waals surface area contributed by atoms with Gasteiger partial charge in [0.05, 0.1) is 19.3 Å². The van der Waals surface area contributed by atoms with Crippen LogP contribution in [0.25, 0.3) is 6.08 Å². The molecule has 138 valence electrons. The van der Waals surface area contributed by atoms with Gasteiger partial charge in [0.25, 0.3) is 0 Å². The molecule has 6 heteroatoms. The van der Waals surface area contributed by atoms with Crippen molar-refractivity contribution in [1.29, 1.82) is 0 Å². The lowest BCUT2D eigenvalue weighted by atomic mass is 10.0. The first-order valence-corrected chi connectivity index (χ1v) is 9.53. The molecule has 26 heavy (non-hydrogen) atoms. The number of nitrogens with one attached hydrogen (secondary N) is 1. The van der Waals surface area contributed by atoms with Crippen molar-refractivity contribution < 1.29 is 13.9 Å². The topological polar surface area (TPSA) is 41.6 Å². The van der Waals surface area contributed by atoms with Crippen LogP contribution >= 0.6 is 11.3 Å². The molecule has 1 amide bonds. The van der Waals surface area contributed by atoms with E-state index in [2.05, 4.69) is 10.2 Å². The number of halogens is 1. The molecule has 2 heterocycles. The number of rotatable bonds is 6. The summed E-state index contributed by atoms with van der Waals surface area (Å²) in [5.41, 5.74) is 0.866. The van der Waals surface area contributed by atoms with Crippen LogP contribution < -0.4 is 5.32 Å². The largest absolute Gasteiger partial charge is 0.379 e. The van der Waals surface area contributed by atoms with E-state index in [9.17, 15) is 9.18 Å². The number of hydrogen-bond acceptors (Lipinski definition) is 4. The maximum absolute atomic E-state index is 13.7. The van der Waals surface area contributed by atoms with E-state index in [1.54, 1.807) is 23.5 Å². The number of thiophene rings is 1. The van der Waals surface area contributed by atoms with Crippen LogP contribution in [0.15, 0.2) is 42.5 Å². The van der Waals surface area contributed by atoms with Crippen LogP contribution in [0.3, 0.4) is 0 Å². The maximum Gasteiger partial charge on any atom is 0.244 e. The Bertz CT molecular complexity index is 769. The van der Waals surface area contributed by atoms with E-state index in [1.807, 2.05) is 31.2 Å². The van der Waals surface area contributed by atoms with Crippen LogP contribution in [-0.2, 0) is 9.53 Å². The van der Waals surface area contributed by atoms with Crippen molar-refractivity contribution in [3.8, 4) is 0 Å². The van der Waals surface area contributed by atoms with E-state index in [0.29, 0.717) is 19.8 Å². The van der Waals surface area contributed by atoms with Crippen molar-refractivity contribution >= 4 is 23.3 Å². The summed E-state index contributed by atoms with van der Waals surface area (Å²) in [5, 5.41) is 2.95. The molecule has 1 aromatic heterocycles. The van der Waals surface area contributed by atoms with Crippen LogP contribution in [0.2, 0.25) is 0 Å². The first-order valence-electron chi connectivity index (χ1n) is 8.71. The van der Waals surface area contributed by atoms with E-state index < -0.39 is 0 Å². The van der Waals surface area contributed by atoms with Gasteiger partial charge in [-0.1, -0.05) is 12.1 Å². The van der Waals surface area contributed by atoms with E-state index >= 15 is 0 Å². The molecule has 0 saturated carbocycles. The molecule has 1 atom stereocenters. The molecular weight excluding hydrogens is 351 g/mol. The first kappa shape index (κ1) is 18.8. The zero-order valence-corrected chi connectivity index (χ0v) is 15.6. The van der Waals surface area contributed by atoms with Crippen molar-refractivity contribution in [2.24, 2.45) is 0 Å². The average Bonchev–Trinajstić information content (AvgIpc) is 3.06. The Labute approximate surface area is 157 Å². The highest BCUT2D eigenvalue weighted by atomic mass is 32.1. The number of carbonyl (C=O) groups is 1. The summed E-state index contributed by atoms with van der Waals surface area (Å²) in [6.45, 7) is 5.29. The summed E-state index contributed by atoms with van der Waals surface area (Å²) < 4.78 is 19.1. The van der Waals surface area contributed by atoms with Crippen molar-refractivity contribution in [2.75, 3.05) is 32.8 Å². The molecule has 1 unspecified atom stereocenters. The fourth-order valence-corrected chi connectivity index (χ4v) is 3.80. The number of morpholine rings is 1. The number of aryl methyl sites for hydroxylation is 1. The van der Waals surface area contributed by atoms with Gasteiger partial charge >= 0.3 is 0 Å². The second-order valence-corrected chi connectivity index (χ2v) is 7.57.